The maximum Gasteiger partial charge on any atom is 0.271 e. The summed E-state index contributed by atoms with van der Waals surface area (Å²) in [7, 11) is 0. The van der Waals surface area contributed by atoms with Crippen molar-refractivity contribution in [3.63, 3.8) is 0 Å². The second kappa shape index (κ2) is 12.5. The van der Waals surface area contributed by atoms with Crippen LogP contribution in [0.25, 0.3) is 0 Å². The third-order valence-corrected chi connectivity index (χ3v) is 4.55. The first-order valence-corrected chi connectivity index (χ1v) is 10.8. The van der Waals surface area contributed by atoms with Gasteiger partial charge in [0.1, 0.15) is 11.5 Å². The highest BCUT2D eigenvalue weighted by atomic mass is 16.5. The zero-order valence-corrected chi connectivity index (χ0v) is 19.0. The molecule has 3 aromatic carbocycles. The van der Waals surface area contributed by atoms with Gasteiger partial charge >= 0.3 is 0 Å². The third-order valence-electron chi connectivity index (χ3n) is 4.55. The summed E-state index contributed by atoms with van der Waals surface area (Å²) >= 11 is 0. The van der Waals surface area contributed by atoms with Crippen LogP contribution in [0, 0.1) is 0 Å². The summed E-state index contributed by atoms with van der Waals surface area (Å²) in [6.07, 6.45) is 3.08. The molecule has 0 aromatic heterocycles. The number of ether oxygens (including phenoxy) is 2. The van der Waals surface area contributed by atoms with E-state index in [4.69, 9.17) is 9.47 Å². The van der Waals surface area contributed by atoms with Gasteiger partial charge in [-0.15, -0.1) is 0 Å². The van der Waals surface area contributed by atoms with Crippen molar-refractivity contribution < 1.29 is 19.1 Å². The van der Waals surface area contributed by atoms with Crippen LogP contribution in [0.4, 0.5) is 0 Å². The summed E-state index contributed by atoms with van der Waals surface area (Å²) in [5.41, 5.74) is 7.32. The molecule has 0 aliphatic heterocycles. The number of hydrogen-bond acceptors (Lipinski definition) is 6. The predicted molar refractivity (Wildman–Crippen MR) is 132 cm³/mol. The molecule has 0 spiro atoms. The van der Waals surface area contributed by atoms with Crippen molar-refractivity contribution in [2.45, 2.75) is 13.8 Å². The first kappa shape index (κ1) is 24.2. The molecule has 0 aliphatic carbocycles. The monoisotopic (exact) mass is 458 g/mol. The van der Waals surface area contributed by atoms with Gasteiger partial charge in [-0.2, -0.15) is 10.2 Å². The molecule has 174 valence electrons. The van der Waals surface area contributed by atoms with Crippen molar-refractivity contribution >= 4 is 24.2 Å². The molecule has 0 unspecified atom stereocenters. The number of hydrazone groups is 2. The lowest BCUT2D eigenvalue weighted by Crippen LogP contribution is -2.19. The van der Waals surface area contributed by atoms with E-state index in [1.54, 1.807) is 24.3 Å². The van der Waals surface area contributed by atoms with Gasteiger partial charge < -0.3 is 9.47 Å². The average Bonchev–Trinajstić information content (AvgIpc) is 2.86. The highest BCUT2D eigenvalue weighted by molar-refractivity contribution is 5.98. The highest BCUT2D eigenvalue weighted by Gasteiger charge is 2.08. The SMILES string of the molecule is CCOc1ccc(/C=N/NC(=O)c2ccc(C(=O)N/N=C/c3ccc(OCC)cc3)cc2)cc1. The van der Waals surface area contributed by atoms with E-state index in [0.717, 1.165) is 22.6 Å². The maximum atomic E-state index is 12.3. The molecule has 0 saturated heterocycles. The number of hydrogen-bond donors (Lipinski definition) is 2. The van der Waals surface area contributed by atoms with E-state index in [-0.39, 0.29) is 11.8 Å². The number of benzene rings is 3. The number of rotatable bonds is 10. The van der Waals surface area contributed by atoms with Crippen LogP contribution in [0.3, 0.4) is 0 Å². The number of carbonyl (C=O) groups excluding carboxylic acids is 2. The van der Waals surface area contributed by atoms with Crippen LogP contribution in [0.15, 0.2) is 83.0 Å². The summed E-state index contributed by atoms with van der Waals surface area (Å²) in [5, 5.41) is 7.93. The van der Waals surface area contributed by atoms with E-state index >= 15 is 0 Å². The van der Waals surface area contributed by atoms with E-state index in [1.807, 2.05) is 62.4 Å². The largest absolute Gasteiger partial charge is 0.494 e. The van der Waals surface area contributed by atoms with E-state index in [1.165, 1.54) is 12.4 Å². The molecule has 3 rings (SSSR count). The lowest BCUT2D eigenvalue weighted by molar-refractivity contribution is 0.0943. The average molecular weight is 459 g/mol. The molecule has 0 heterocycles. The van der Waals surface area contributed by atoms with E-state index in [0.29, 0.717) is 24.3 Å². The Morgan fingerprint density at radius 2 is 1.00 bits per heavy atom. The minimum Gasteiger partial charge on any atom is -0.494 e. The Labute approximate surface area is 198 Å². The second-order valence-electron chi connectivity index (χ2n) is 6.98. The van der Waals surface area contributed by atoms with E-state index < -0.39 is 0 Å². The zero-order chi connectivity index (χ0) is 24.2. The van der Waals surface area contributed by atoms with E-state index in [9.17, 15) is 9.59 Å². The fourth-order valence-electron chi connectivity index (χ4n) is 2.87. The van der Waals surface area contributed by atoms with Crippen LogP contribution < -0.4 is 20.3 Å². The van der Waals surface area contributed by atoms with Crippen molar-refractivity contribution in [2.75, 3.05) is 13.2 Å². The summed E-state index contributed by atoms with van der Waals surface area (Å²) in [6, 6.07) is 20.9. The summed E-state index contributed by atoms with van der Waals surface area (Å²) in [4.78, 5) is 24.5. The van der Waals surface area contributed by atoms with Crippen LogP contribution in [0.5, 0.6) is 11.5 Å². The topological polar surface area (TPSA) is 101 Å². The van der Waals surface area contributed by atoms with Gasteiger partial charge in [0.15, 0.2) is 0 Å². The van der Waals surface area contributed by atoms with Gasteiger partial charge in [0.25, 0.3) is 11.8 Å². The Morgan fingerprint density at radius 3 is 1.32 bits per heavy atom. The molecule has 0 aliphatic rings. The minimum absolute atomic E-state index is 0.373. The van der Waals surface area contributed by atoms with Crippen LogP contribution in [0.1, 0.15) is 45.7 Å². The molecule has 0 atom stereocenters. The first-order valence-electron chi connectivity index (χ1n) is 10.8. The van der Waals surface area contributed by atoms with Crippen LogP contribution in [-0.4, -0.2) is 37.5 Å². The van der Waals surface area contributed by atoms with E-state index in [2.05, 4.69) is 21.1 Å². The normalized spacial score (nSPS) is 10.9. The number of nitrogens with one attached hydrogen (secondary N) is 2. The Balaban J connectivity index is 1.49. The molecule has 2 N–H and O–H groups in total. The van der Waals surface area contributed by atoms with Gasteiger partial charge in [0, 0.05) is 11.1 Å². The van der Waals surface area contributed by atoms with Crippen molar-refractivity contribution in [1.29, 1.82) is 0 Å². The van der Waals surface area contributed by atoms with Crippen molar-refractivity contribution in [3.05, 3.63) is 95.1 Å². The Hall–Kier alpha value is -4.46. The maximum absolute atomic E-state index is 12.3. The van der Waals surface area contributed by atoms with Gasteiger partial charge in [0.05, 0.1) is 25.6 Å². The van der Waals surface area contributed by atoms with Crippen molar-refractivity contribution in [2.24, 2.45) is 10.2 Å². The fraction of sp³-hybridized carbons (Fsp3) is 0.154. The Bertz CT molecular complexity index is 1050. The Kier molecular flexibility index (Phi) is 8.92. The van der Waals surface area contributed by atoms with Gasteiger partial charge in [0.2, 0.25) is 0 Å². The standard InChI is InChI=1S/C26H26N4O4/c1-3-33-23-13-5-19(6-14-23)17-27-29-25(31)21-9-11-22(12-10-21)26(32)30-28-18-20-7-15-24(16-8-20)34-4-2/h5-18H,3-4H2,1-2H3,(H,29,31)(H,30,32)/b27-17+,28-18+. The lowest BCUT2D eigenvalue weighted by atomic mass is 10.1. The van der Waals surface area contributed by atoms with Gasteiger partial charge in [-0.25, -0.2) is 10.9 Å². The smallest absolute Gasteiger partial charge is 0.271 e. The molecule has 0 saturated carbocycles. The molecule has 8 heteroatoms. The van der Waals surface area contributed by atoms with Crippen molar-refractivity contribution in [1.82, 2.24) is 10.9 Å². The minimum atomic E-state index is -0.386. The van der Waals surface area contributed by atoms with Crippen molar-refractivity contribution in [3.8, 4) is 11.5 Å². The van der Waals surface area contributed by atoms with Crippen LogP contribution in [0.2, 0.25) is 0 Å². The zero-order valence-electron chi connectivity index (χ0n) is 19.0. The molecule has 8 nitrogen and oxygen atoms in total. The third kappa shape index (κ3) is 7.30. The quantitative estimate of drug-likeness (QED) is 0.354. The Morgan fingerprint density at radius 1 is 0.647 bits per heavy atom. The van der Waals surface area contributed by atoms with Crippen LogP contribution in [-0.2, 0) is 0 Å². The summed E-state index contributed by atoms with van der Waals surface area (Å²) < 4.78 is 10.8. The molecule has 34 heavy (non-hydrogen) atoms. The molecule has 3 aromatic rings. The second-order valence-corrected chi connectivity index (χ2v) is 6.98. The first-order chi connectivity index (χ1) is 16.6. The molecular formula is C26H26N4O4. The molecule has 0 fully saturated rings. The highest BCUT2D eigenvalue weighted by Crippen LogP contribution is 2.12. The van der Waals surface area contributed by atoms with Gasteiger partial charge in [-0.1, -0.05) is 0 Å². The number of amides is 2. The number of nitrogens with zero attached hydrogens (tertiary/aromatic N) is 2. The van der Waals surface area contributed by atoms with Gasteiger partial charge in [-0.3, -0.25) is 9.59 Å². The molecule has 0 radical (unpaired) electrons. The predicted octanol–water partition coefficient (Wildman–Crippen LogP) is 4.01. The molecular weight excluding hydrogens is 432 g/mol. The molecule has 0 bridgehead atoms. The lowest BCUT2D eigenvalue weighted by Gasteiger charge is -2.04. The molecule has 2 amide bonds. The van der Waals surface area contributed by atoms with Crippen LogP contribution >= 0.6 is 0 Å². The summed E-state index contributed by atoms with van der Waals surface area (Å²) in [5.74, 6) is 0.773. The summed E-state index contributed by atoms with van der Waals surface area (Å²) in [6.45, 7) is 5.03. The number of carbonyl (C=O) groups is 2. The fourth-order valence-corrected chi connectivity index (χ4v) is 2.87. The van der Waals surface area contributed by atoms with Gasteiger partial charge in [-0.05, 0) is 97.8 Å².